The van der Waals surface area contributed by atoms with Crippen molar-refractivity contribution in [2.24, 2.45) is 10.4 Å². The van der Waals surface area contributed by atoms with Gasteiger partial charge in [0.2, 0.25) is 0 Å². The van der Waals surface area contributed by atoms with Crippen molar-refractivity contribution in [3.8, 4) is 12.1 Å². The van der Waals surface area contributed by atoms with Crippen LogP contribution in [0.4, 0.5) is 11.4 Å². The number of fused-ring (bicyclic) bond motifs is 2. The minimum absolute atomic E-state index is 0.199. The van der Waals surface area contributed by atoms with Gasteiger partial charge in [0.15, 0.2) is 0 Å². The Labute approximate surface area is 259 Å². The number of anilines is 2. The number of benzene rings is 2. The summed E-state index contributed by atoms with van der Waals surface area (Å²) in [6.45, 7) is 0. The lowest BCUT2D eigenvalue weighted by molar-refractivity contribution is 0.540. The fraction of sp³-hybridized carbons (Fsp3) is 0.235. The van der Waals surface area contributed by atoms with Gasteiger partial charge in [-0.05, 0) is 42.5 Å². The first-order valence-electron chi connectivity index (χ1n) is 14.6. The number of aromatic nitrogens is 4. The van der Waals surface area contributed by atoms with Crippen molar-refractivity contribution in [2.45, 2.75) is 43.8 Å². The Morgan fingerprint density at radius 1 is 1.11 bits per heavy atom. The molecule has 1 fully saturated rings. The molecule has 44 heavy (non-hydrogen) atoms. The molecule has 1 aliphatic heterocycles. The quantitative estimate of drug-likeness (QED) is 0.195. The Morgan fingerprint density at radius 3 is 2.77 bits per heavy atom. The smallest absolute Gasteiger partial charge is 0.107 e. The van der Waals surface area contributed by atoms with Crippen LogP contribution in [0.15, 0.2) is 95.9 Å². The summed E-state index contributed by atoms with van der Waals surface area (Å²) < 4.78 is 1.95. The summed E-state index contributed by atoms with van der Waals surface area (Å²) in [6, 6.07) is 18.1. The van der Waals surface area contributed by atoms with Crippen molar-refractivity contribution >= 4 is 40.1 Å². The average molecular weight is 598 g/mol. The molecule has 10 heteroatoms. The zero-order chi connectivity index (χ0) is 30.1. The highest BCUT2D eigenvalue weighted by atomic mass is 35.5. The van der Waals surface area contributed by atoms with Crippen LogP contribution in [-0.4, -0.2) is 26.2 Å². The lowest BCUT2D eigenvalue weighted by atomic mass is 9.72. The molecule has 0 radical (unpaired) electrons. The molecule has 1 saturated carbocycles. The van der Waals surface area contributed by atoms with Gasteiger partial charge in [-0.25, -0.2) is 4.68 Å². The number of halogens is 1. The lowest BCUT2D eigenvalue weighted by Gasteiger charge is -2.35. The van der Waals surface area contributed by atoms with Gasteiger partial charge >= 0.3 is 0 Å². The number of nitrogens with zero attached hydrogens (tertiary/aromatic N) is 7. The second-order valence-electron chi connectivity index (χ2n) is 11.3. The van der Waals surface area contributed by atoms with E-state index in [2.05, 4.69) is 55.2 Å². The minimum Gasteiger partial charge on any atom is -0.377 e. The van der Waals surface area contributed by atoms with Crippen LogP contribution in [0.1, 0.15) is 60.6 Å². The SMILES string of the molecule is N#CCC[C@@H](Nc1c(C#N)cnc2c(Cl)cc(N[C@H](c3cn(C4CC4)nn3)C34C=CC=CC3=CN=C4)cc12)c1ccccc1. The molecule has 2 aromatic carbocycles. The summed E-state index contributed by atoms with van der Waals surface area (Å²) in [4.78, 5) is 9.10. The van der Waals surface area contributed by atoms with E-state index in [1.54, 1.807) is 6.20 Å². The van der Waals surface area contributed by atoms with Gasteiger partial charge in [0.1, 0.15) is 11.8 Å². The highest BCUT2D eigenvalue weighted by Gasteiger charge is 2.44. The van der Waals surface area contributed by atoms with Crippen molar-refractivity contribution in [2.75, 3.05) is 10.6 Å². The van der Waals surface area contributed by atoms with E-state index < -0.39 is 5.41 Å². The number of allylic oxidation sites excluding steroid dienone is 3. The van der Waals surface area contributed by atoms with E-state index in [0.717, 1.165) is 35.4 Å². The van der Waals surface area contributed by atoms with Crippen LogP contribution in [0.2, 0.25) is 5.02 Å². The van der Waals surface area contributed by atoms with Gasteiger partial charge in [-0.3, -0.25) is 9.98 Å². The molecule has 3 heterocycles. The Balaban J connectivity index is 1.33. The third-order valence-corrected chi connectivity index (χ3v) is 8.69. The van der Waals surface area contributed by atoms with E-state index in [1.807, 2.05) is 77.9 Å². The van der Waals surface area contributed by atoms with Crippen molar-refractivity contribution in [3.63, 3.8) is 0 Å². The van der Waals surface area contributed by atoms with E-state index in [1.165, 1.54) is 0 Å². The highest BCUT2D eigenvalue weighted by molar-refractivity contribution is 6.35. The first-order chi connectivity index (χ1) is 21.6. The summed E-state index contributed by atoms with van der Waals surface area (Å²) in [7, 11) is 0. The van der Waals surface area contributed by atoms with Gasteiger partial charge < -0.3 is 10.6 Å². The molecule has 0 bridgehead atoms. The average Bonchev–Trinajstić information content (AvgIpc) is 3.62. The molecule has 0 spiro atoms. The number of hydrogen-bond acceptors (Lipinski definition) is 8. The van der Waals surface area contributed by atoms with E-state index in [0.29, 0.717) is 46.1 Å². The van der Waals surface area contributed by atoms with Gasteiger partial charge in [-0.1, -0.05) is 71.5 Å². The van der Waals surface area contributed by atoms with Gasteiger partial charge in [-0.15, -0.1) is 5.10 Å². The van der Waals surface area contributed by atoms with Gasteiger partial charge in [0.05, 0.1) is 57.6 Å². The van der Waals surface area contributed by atoms with Gasteiger partial charge in [0, 0.05) is 36.1 Å². The topological polar surface area (TPSA) is 128 Å². The first-order valence-corrected chi connectivity index (χ1v) is 15.0. The molecule has 0 amide bonds. The highest BCUT2D eigenvalue weighted by Crippen LogP contribution is 2.48. The standard InChI is InChI=1S/C34H28ClN9/c35-28-16-25(40-33(30-20-44(43-42-30)26-11-12-26)34-13-5-4-9-24(34)19-38-21-34)15-27-31(23(17-37)18-39-32(27)28)41-29(10-6-14-36)22-7-2-1-3-8-22/h1-5,7-9,13,15-16,18-21,26,29,33,40H,6,10-12H2,(H,39,41)/t29-,33-,34?/m1/s1. The van der Waals surface area contributed by atoms with Crippen LogP contribution in [-0.2, 0) is 0 Å². The van der Waals surface area contributed by atoms with Gasteiger partial charge in [0.25, 0.3) is 0 Å². The molecular weight excluding hydrogens is 570 g/mol. The molecule has 3 aliphatic rings. The monoisotopic (exact) mass is 597 g/mol. The summed E-state index contributed by atoms with van der Waals surface area (Å²) in [6.07, 6.45) is 18.7. The number of nitrogens with one attached hydrogen (secondary N) is 2. The zero-order valence-corrected chi connectivity index (χ0v) is 24.5. The second-order valence-corrected chi connectivity index (χ2v) is 11.7. The van der Waals surface area contributed by atoms with Crippen molar-refractivity contribution in [1.82, 2.24) is 20.0 Å². The number of nitriles is 2. The van der Waals surface area contributed by atoms with E-state index in [4.69, 9.17) is 11.6 Å². The molecule has 2 N–H and O–H groups in total. The second kappa shape index (κ2) is 11.4. The molecular formula is C34H28ClN9. The summed E-state index contributed by atoms with van der Waals surface area (Å²) in [5.74, 6) is 0. The maximum Gasteiger partial charge on any atom is 0.107 e. The van der Waals surface area contributed by atoms with Crippen LogP contribution in [0, 0.1) is 28.1 Å². The molecule has 3 atom stereocenters. The summed E-state index contributed by atoms with van der Waals surface area (Å²) >= 11 is 6.89. The summed E-state index contributed by atoms with van der Waals surface area (Å²) in [5.41, 5.74) is 4.59. The maximum absolute atomic E-state index is 10.1. The van der Waals surface area contributed by atoms with Crippen LogP contribution in [0.25, 0.3) is 10.9 Å². The zero-order valence-electron chi connectivity index (χ0n) is 23.7. The third kappa shape index (κ3) is 5.02. The number of pyridine rings is 1. The third-order valence-electron chi connectivity index (χ3n) is 8.40. The van der Waals surface area contributed by atoms with Crippen LogP contribution in [0.5, 0.6) is 0 Å². The van der Waals surface area contributed by atoms with Crippen molar-refractivity contribution < 1.29 is 0 Å². The Bertz CT molecular complexity index is 1940. The molecule has 1 unspecified atom stereocenters. The molecule has 9 nitrogen and oxygen atoms in total. The fourth-order valence-corrected chi connectivity index (χ4v) is 6.25. The Hall–Kier alpha value is -5.25. The molecule has 2 aromatic heterocycles. The Morgan fingerprint density at radius 2 is 1.98 bits per heavy atom. The first kappa shape index (κ1) is 27.6. The van der Waals surface area contributed by atoms with Crippen LogP contribution < -0.4 is 10.6 Å². The molecule has 216 valence electrons. The van der Waals surface area contributed by atoms with Crippen LogP contribution in [0.3, 0.4) is 0 Å². The predicted octanol–water partition coefficient (Wildman–Crippen LogP) is 7.38. The van der Waals surface area contributed by atoms with Crippen molar-refractivity contribution in [1.29, 1.82) is 10.5 Å². The van der Waals surface area contributed by atoms with E-state index in [9.17, 15) is 10.5 Å². The predicted molar refractivity (Wildman–Crippen MR) is 171 cm³/mol. The molecule has 0 saturated heterocycles. The summed E-state index contributed by atoms with van der Waals surface area (Å²) in [5, 5.41) is 37.0. The van der Waals surface area contributed by atoms with Crippen molar-refractivity contribution in [3.05, 3.63) is 113 Å². The Kier molecular flexibility index (Phi) is 7.17. The lowest BCUT2D eigenvalue weighted by Crippen LogP contribution is -2.35. The largest absolute Gasteiger partial charge is 0.377 e. The number of rotatable bonds is 10. The van der Waals surface area contributed by atoms with Crippen LogP contribution >= 0.6 is 11.6 Å². The van der Waals surface area contributed by atoms with E-state index >= 15 is 0 Å². The molecule has 4 aromatic rings. The number of aliphatic imine (C=N–C) groups is 1. The maximum atomic E-state index is 10.1. The fourth-order valence-electron chi connectivity index (χ4n) is 5.98. The van der Waals surface area contributed by atoms with E-state index in [-0.39, 0.29) is 12.1 Å². The molecule has 2 aliphatic carbocycles. The normalized spacial score (nSPS) is 19.6. The van der Waals surface area contributed by atoms with Gasteiger partial charge in [-0.2, -0.15) is 10.5 Å². The minimum atomic E-state index is -0.579. The molecule has 7 rings (SSSR count). The number of hydrogen-bond donors (Lipinski definition) is 2.